The minimum atomic E-state index is -0.677. The minimum Gasteiger partial charge on any atom is -0.383 e. The predicted octanol–water partition coefficient (Wildman–Crippen LogP) is 2.41. The summed E-state index contributed by atoms with van der Waals surface area (Å²) in [5, 5.41) is 19.4. The van der Waals surface area contributed by atoms with Crippen LogP contribution in [0.15, 0.2) is 18.6 Å². The minimum absolute atomic E-state index is 0.100. The van der Waals surface area contributed by atoms with Crippen LogP contribution in [0, 0.1) is 0 Å². The summed E-state index contributed by atoms with van der Waals surface area (Å²) >= 11 is 0. The van der Waals surface area contributed by atoms with Gasteiger partial charge in [0.05, 0.1) is 11.9 Å². The van der Waals surface area contributed by atoms with Crippen molar-refractivity contribution in [3.8, 4) is 0 Å². The van der Waals surface area contributed by atoms with Crippen LogP contribution in [0.25, 0.3) is 0 Å². The zero-order valence-corrected chi connectivity index (χ0v) is 13.0. The van der Waals surface area contributed by atoms with Crippen LogP contribution >= 0.6 is 0 Å². The number of aliphatic hydroxyl groups is 1. The highest BCUT2D eigenvalue weighted by Crippen LogP contribution is 2.31. The van der Waals surface area contributed by atoms with Crippen LogP contribution in [-0.4, -0.2) is 24.7 Å². The number of hydrogen-bond donors (Lipinski definition) is 1. The molecule has 0 radical (unpaired) electrons. The van der Waals surface area contributed by atoms with Crippen molar-refractivity contribution in [2.24, 2.45) is 7.05 Å². The Bertz CT molecular complexity index is 577. The maximum Gasteiger partial charge on any atom is 0.110 e. The van der Waals surface area contributed by atoms with Crippen LogP contribution in [0.3, 0.4) is 0 Å². The monoisotopic (exact) mass is 276 g/mol. The van der Waals surface area contributed by atoms with Crippen molar-refractivity contribution in [1.29, 1.82) is 0 Å². The molecule has 110 valence electrons. The molecule has 2 aromatic heterocycles. The van der Waals surface area contributed by atoms with Crippen LogP contribution in [0.4, 0.5) is 0 Å². The van der Waals surface area contributed by atoms with Gasteiger partial charge in [-0.1, -0.05) is 27.7 Å². The van der Waals surface area contributed by atoms with E-state index in [0.717, 1.165) is 29.8 Å². The molecule has 1 unspecified atom stereocenters. The molecule has 2 aromatic rings. The predicted molar refractivity (Wildman–Crippen MR) is 78.5 cm³/mol. The van der Waals surface area contributed by atoms with Gasteiger partial charge in [-0.3, -0.25) is 9.36 Å². The molecule has 20 heavy (non-hydrogen) atoms. The zero-order chi connectivity index (χ0) is 14.9. The fourth-order valence-corrected chi connectivity index (χ4v) is 2.34. The van der Waals surface area contributed by atoms with Crippen molar-refractivity contribution in [2.45, 2.75) is 52.2 Å². The summed E-state index contributed by atoms with van der Waals surface area (Å²) < 4.78 is 3.63. The summed E-state index contributed by atoms with van der Waals surface area (Å²) in [5.41, 5.74) is 2.50. The first-order chi connectivity index (χ1) is 9.32. The summed E-state index contributed by atoms with van der Waals surface area (Å²) in [6, 6.07) is 0. The van der Waals surface area contributed by atoms with E-state index in [1.54, 1.807) is 10.9 Å². The van der Waals surface area contributed by atoms with E-state index in [-0.39, 0.29) is 5.41 Å². The molecule has 0 aliphatic rings. The smallest absolute Gasteiger partial charge is 0.110 e. The van der Waals surface area contributed by atoms with Crippen LogP contribution in [0.5, 0.6) is 0 Å². The lowest BCUT2D eigenvalue weighted by molar-refractivity contribution is 0.217. The van der Waals surface area contributed by atoms with Gasteiger partial charge in [-0.15, -0.1) is 0 Å². The number of aromatic nitrogens is 4. The average molecular weight is 276 g/mol. The molecule has 0 aromatic carbocycles. The molecule has 2 heterocycles. The Morgan fingerprint density at radius 3 is 2.60 bits per heavy atom. The van der Waals surface area contributed by atoms with Crippen LogP contribution < -0.4 is 0 Å². The first-order valence-electron chi connectivity index (χ1n) is 7.07. The van der Waals surface area contributed by atoms with E-state index < -0.39 is 6.10 Å². The van der Waals surface area contributed by atoms with Crippen LogP contribution in [0.2, 0.25) is 0 Å². The van der Waals surface area contributed by atoms with Crippen molar-refractivity contribution in [1.82, 2.24) is 19.6 Å². The molecule has 1 N–H and O–H groups in total. The standard InChI is InChI=1S/C15H24N4O/c1-6-7-19-9-11(8-16-19)13(20)12-10-18(5)17-14(12)15(2,3)4/h8-10,13,20H,6-7H2,1-5H3. The Hall–Kier alpha value is -1.62. The summed E-state index contributed by atoms with van der Waals surface area (Å²) in [7, 11) is 1.88. The Labute approximate surface area is 120 Å². The second kappa shape index (κ2) is 5.40. The SMILES string of the molecule is CCCn1cc(C(O)c2cn(C)nc2C(C)(C)C)cn1. The van der Waals surface area contributed by atoms with Gasteiger partial charge in [0.15, 0.2) is 0 Å². The Kier molecular flexibility index (Phi) is 3.99. The molecule has 0 spiro atoms. The normalized spacial score (nSPS) is 13.7. The molecule has 0 fully saturated rings. The van der Waals surface area contributed by atoms with Crippen molar-refractivity contribution < 1.29 is 5.11 Å². The Balaban J connectivity index is 2.35. The van der Waals surface area contributed by atoms with Gasteiger partial charge >= 0.3 is 0 Å². The summed E-state index contributed by atoms with van der Waals surface area (Å²) in [5.74, 6) is 0. The fourth-order valence-electron chi connectivity index (χ4n) is 2.34. The first kappa shape index (κ1) is 14.8. The molecule has 0 aliphatic carbocycles. The van der Waals surface area contributed by atoms with E-state index in [2.05, 4.69) is 37.9 Å². The van der Waals surface area contributed by atoms with E-state index in [9.17, 15) is 5.11 Å². The third kappa shape index (κ3) is 2.93. The maximum atomic E-state index is 10.6. The Morgan fingerprint density at radius 1 is 1.30 bits per heavy atom. The number of hydrogen-bond acceptors (Lipinski definition) is 3. The summed E-state index contributed by atoms with van der Waals surface area (Å²) in [6.45, 7) is 9.28. The molecule has 0 amide bonds. The summed E-state index contributed by atoms with van der Waals surface area (Å²) in [4.78, 5) is 0. The molecule has 5 heteroatoms. The van der Waals surface area contributed by atoms with E-state index in [0.29, 0.717) is 0 Å². The summed E-state index contributed by atoms with van der Waals surface area (Å²) in [6.07, 6.45) is 5.89. The third-order valence-electron chi connectivity index (χ3n) is 3.28. The largest absolute Gasteiger partial charge is 0.383 e. The average Bonchev–Trinajstić information content (AvgIpc) is 2.94. The molecule has 5 nitrogen and oxygen atoms in total. The van der Waals surface area contributed by atoms with Crippen LogP contribution in [0.1, 0.15) is 57.0 Å². The van der Waals surface area contributed by atoms with Gasteiger partial charge < -0.3 is 5.11 Å². The van der Waals surface area contributed by atoms with Gasteiger partial charge in [-0.05, 0) is 6.42 Å². The van der Waals surface area contributed by atoms with E-state index in [1.807, 2.05) is 24.1 Å². The van der Waals surface area contributed by atoms with Gasteiger partial charge in [0, 0.05) is 42.5 Å². The molecule has 0 saturated heterocycles. The van der Waals surface area contributed by atoms with E-state index in [4.69, 9.17) is 0 Å². The third-order valence-corrected chi connectivity index (χ3v) is 3.28. The van der Waals surface area contributed by atoms with E-state index >= 15 is 0 Å². The highest BCUT2D eigenvalue weighted by atomic mass is 16.3. The van der Waals surface area contributed by atoms with Gasteiger partial charge in [0.25, 0.3) is 0 Å². The molecule has 0 bridgehead atoms. The zero-order valence-electron chi connectivity index (χ0n) is 13.0. The van der Waals surface area contributed by atoms with Gasteiger partial charge in [-0.25, -0.2) is 0 Å². The number of nitrogens with zero attached hydrogens (tertiary/aromatic N) is 4. The second-order valence-corrected chi connectivity index (χ2v) is 6.30. The van der Waals surface area contributed by atoms with Gasteiger partial charge in [-0.2, -0.15) is 10.2 Å². The van der Waals surface area contributed by atoms with Crippen molar-refractivity contribution in [2.75, 3.05) is 0 Å². The lowest BCUT2D eigenvalue weighted by Crippen LogP contribution is -2.16. The Morgan fingerprint density at radius 2 is 2.00 bits per heavy atom. The van der Waals surface area contributed by atoms with E-state index in [1.165, 1.54) is 0 Å². The number of aryl methyl sites for hydroxylation is 2. The van der Waals surface area contributed by atoms with Gasteiger partial charge in [0.2, 0.25) is 0 Å². The number of aliphatic hydroxyl groups excluding tert-OH is 1. The molecule has 0 aliphatic heterocycles. The molecular weight excluding hydrogens is 252 g/mol. The number of rotatable bonds is 4. The van der Waals surface area contributed by atoms with Crippen LogP contribution in [-0.2, 0) is 19.0 Å². The highest BCUT2D eigenvalue weighted by molar-refractivity contribution is 5.32. The van der Waals surface area contributed by atoms with Crippen molar-refractivity contribution in [3.63, 3.8) is 0 Å². The molecule has 0 saturated carbocycles. The topological polar surface area (TPSA) is 55.9 Å². The molecule has 1 atom stereocenters. The molecular formula is C15H24N4O. The quantitative estimate of drug-likeness (QED) is 0.933. The second-order valence-electron chi connectivity index (χ2n) is 6.30. The van der Waals surface area contributed by atoms with Crippen molar-refractivity contribution in [3.05, 3.63) is 35.4 Å². The van der Waals surface area contributed by atoms with Crippen molar-refractivity contribution >= 4 is 0 Å². The first-order valence-corrected chi connectivity index (χ1v) is 7.07. The fraction of sp³-hybridized carbons (Fsp3) is 0.600. The highest BCUT2D eigenvalue weighted by Gasteiger charge is 2.27. The van der Waals surface area contributed by atoms with Gasteiger partial charge in [0.1, 0.15) is 6.10 Å². The lowest BCUT2D eigenvalue weighted by atomic mass is 9.87. The molecule has 2 rings (SSSR count). The lowest BCUT2D eigenvalue weighted by Gasteiger charge is -2.19. The maximum absolute atomic E-state index is 10.6.